The van der Waals surface area contributed by atoms with Crippen LogP contribution in [0.4, 0.5) is 0 Å². The zero-order chi connectivity index (χ0) is 11.2. The van der Waals surface area contributed by atoms with Gasteiger partial charge in [0.1, 0.15) is 0 Å². The molecule has 2 nitrogen and oxygen atoms in total. The number of rotatable bonds is 6. The van der Waals surface area contributed by atoms with Crippen LogP contribution in [0.5, 0.6) is 0 Å². The first-order valence-corrected chi connectivity index (χ1v) is 5.62. The molecule has 14 heavy (non-hydrogen) atoms. The van der Waals surface area contributed by atoms with Crippen LogP contribution in [0.25, 0.3) is 0 Å². The van der Waals surface area contributed by atoms with Crippen LogP contribution >= 0.6 is 0 Å². The monoisotopic (exact) mass is 202 g/mol. The van der Waals surface area contributed by atoms with E-state index >= 15 is 0 Å². The molecule has 0 amide bonds. The molecule has 0 aliphatic rings. The second-order valence-corrected chi connectivity index (χ2v) is 4.92. The van der Waals surface area contributed by atoms with Crippen LogP contribution < -0.4 is 0 Å². The standard InChI is InChI=1S/C12H26O2/c1-7-10(2)11(3)13-8-9-14-12(4,5)6/h10-11H,7-9H2,1-6H3. The van der Waals surface area contributed by atoms with Crippen LogP contribution in [-0.4, -0.2) is 24.9 Å². The average Bonchev–Trinajstić information content (AvgIpc) is 2.09. The fourth-order valence-corrected chi connectivity index (χ4v) is 1.08. The normalized spacial score (nSPS) is 16.7. The fraction of sp³-hybridized carbons (Fsp3) is 1.00. The Balaban J connectivity index is 3.45. The quantitative estimate of drug-likeness (QED) is 0.616. The van der Waals surface area contributed by atoms with E-state index in [0.29, 0.717) is 25.2 Å². The summed E-state index contributed by atoms with van der Waals surface area (Å²) in [6.45, 7) is 14.1. The second-order valence-electron chi connectivity index (χ2n) is 4.92. The zero-order valence-electron chi connectivity index (χ0n) is 10.6. The summed E-state index contributed by atoms with van der Waals surface area (Å²) in [6, 6.07) is 0. The highest BCUT2D eigenvalue weighted by Gasteiger charge is 2.12. The summed E-state index contributed by atoms with van der Waals surface area (Å²) in [5.74, 6) is 0.629. The van der Waals surface area contributed by atoms with E-state index in [-0.39, 0.29) is 5.60 Å². The van der Waals surface area contributed by atoms with Crippen molar-refractivity contribution >= 4 is 0 Å². The Morgan fingerprint density at radius 2 is 1.64 bits per heavy atom. The predicted molar refractivity (Wildman–Crippen MR) is 60.6 cm³/mol. The molecule has 0 aliphatic carbocycles. The molecule has 0 N–H and O–H groups in total. The molecule has 0 saturated carbocycles. The van der Waals surface area contributed by atoms with Crippen LogP contribution in [0.3, 0.4) is 0 Å². The molecular formula is C12H26O2. The van der Waals surface area contributed by atoms with Gasteiger partial charge in [-0.25, -0.2) is 0 Å². The average molecular weight is 202 g/mol. The Labute approximate surface area is 89.0 Å². The van der Waals surface area contributed by atoms with Crippen molar-refractivity contribution in [2.75, 3.05) is 13.2 Å². The van der Waals surface area contributed by atoms with Crippen molar-refractivity contribution < 1.29 is 9.47 Å². The van der Waals surface area contributed by atoms with Gasteiger partial charge in [0.2, 0.25) is 0 Å². The van der Waals surface area contributed by atoms with E-state index in [1.807, 2.05) is 0 Å². The van der Waals surface area contributed by atoms with Gasteiger partial charge in [-0.3, -0.25) is 0 Å². The number of hydrogen-bond acceptors (Lipinski definition) is 2. The van der Waals surface area contributed by atoms with E-state index in [2.05, 4.69) is 41.5 Å². The van der Waals surface area contributed by atoms with E-state index < -0.39 is 0 Å². The molecule has 0 aromatic heterocycles. The van der Waals surface area contributed by atoms with Crippen molar-refractivity contribution in [1.82, 2.24) is 0 Å². The van der Waals surface area contributed by atoms with Gasteiger partial charge < -0.3 is 9.47 Å². The van der Waals surface area contributed by atoms with Crippen molar-refractivity contribution in [3.8, 4) is 0 Å². The molecule has 0 aromatic carbocycles. The topological polar surface area (TPSA) is 18.5 Å². The van der Waals surface area contributed by atoms with E-state index in [1.165, 1.54) is 6.42 Å². The van der Waals surface area contributed by atoms with Crippen LogP contribution in [0, 0.1) is 5.92 Å². The van der Waals surface area contributed by atoms with Gasteiger partial charge in [0, 0.05) is 0 Å². The highest BCUT2D eigenvalue weighted by atomic mass is 16.5. The van der Waals surface area contributed by atoms with Gasteiger partial charge in [0.15, 0.2) is 0 Å². The van der Waals surface area contributed by atoms with Gasteiger partial charge in [-0.15, -0.1) is 0 Å². The molecule has 0 aliphatic heterocycles. The second kappa shape index (κ2) is 6.41. The molecule has 2 heteroatoms. The first-order chi connectivity index (χ1) is 6.37. The third-order valence-electron chi connectivity index (χ3n) is 2.44. The molecule has 0 aromatic rings. The summed E-state index contributed by atoms with van der Waals surface area (Å²) in [4.78, 5) is 0. The molecule has 0 saturated heterocycles. The predicted octanol–water partition coefficient (Wildman–Crippen LogP) is 3.25. The SMILES string of the molecule is CCC(C)C(C)OCCOC(C)(C)C. The lowest BCUT2D eigenvalue weighted by Gasteiger charge is -2.22. The van der Waals surface area contributed by atoms with Crippen LogP contribution in [0.2, 0.25) is 0 Å². The third-order valence-corrected chi connectivity index (χ3v) is 2.44. The zero-order valence-corrected chi connectivity index (χ0v) is 10.6. The number of ether oxygens (including phenoxy) is 2. The lowest BCUT2D eigenvalue weighted by atomic mass is 10.0. The minimum absolute atomic E-state index is 0.0526. The van der Waals surface area contributed by atoms with Crippen molar-refractivity contribution in [2.24, 2.45) is 5.92 Å². The lowest BCUT2D eigenvalue weighted by Crippen LogP contribution is -2.25. The van der Waals surface area contributed by atoms with Crippen molar-refractivity contribution in [2.45, 2.75) is 59.7 Å². The highest BCUT2D eigenvalue weighted by Crippen LogP contribution is 2.11. The minimum Gasteiger partial charge on any atom is -0.376 e. The van der Waals surface area contributed by atoms with Crippen LogP contribution in [-0.2, 0) is 9.47 Å². The lowest BCUT2D eigenvalue weighted by molar-refractivity contribution is -0.0575. The van der Waals surface area contributed by atoms with Crippen molar-refractivity contribution in [3.05, 3.63) is 0 Å². The Kier molecular flexibility index (Phi) is 6.38. The van der Waals surface area contributed by atoms with Gasteiger partial charge in [-0.05, 0) is 33.6 Å². The Hall–Kier alpha value is -0.0800. The Morgan fingerprint density at radius 3 is 2.07 bits per heavy atom. The van der Waals surface area contributed by atoms with Crippen LogP contribution in [0.15, 0.2) is 0 Å². The first kappa shape index (κ1) is 13.9. The van der Waals surface area contributed by atoms with Gasteiger partial charge in [0.05, 0.1) is 24.9 Å². The number of hydrogen-bond donors (Lipinski definition) is 0. The molecular weight excluding hydrogens is 176 g/mol. The van der Waals surface area contributed by atoms with Gasteiger partial charge in [-0.2, -0.15) is 0 Å². The maximum atomic E-state index is 5.67. The van der Waals surface area contributed by atoms with E-state index in [1.54, 1.807) is 0 Å². The first-order valence-electron chi connectivity index (χ1n) is 5.62. The molecule has 0 heterocycles. The van der Waals surface area contributed by atoms with Crippen LogP contribution in [0.1, 0.15) is 48.0 Å². The smallest absolute Gasteiger partial charge is 0.0707 e. The van der Waals surface area contributed by atoms with Gasteiger partial charge >= 0.3 is 0 Å². The Morgan fingerprint density at radius 1 is 1.07 bits per heavy atom. The summed E-state index contributed by atoms with van der Waals surface area (Å²) in [5.41, 5.74) is -0.0526. The van der Waals surface area contributed by atoms with Gasteiger partial charge in [0.25, 0.3) is 0 Å². The summed E-state index contributed by atoms with van der Waals surface area (Å²) in [7, 11) is 0. The molecule has 0 rings (SSSR count). The molecule has 86 valence electrons. The Bertz CT molecular complexity index is 138. The molecule has 2 atom stereocenters. The molecule has 0 fully saturated rings. The largest absolute Gasteiger partial charge is 0.376 e. The van der Waals surface area contributed by atoms with E-state index in [9.17, 15) is 0 Å². The maximum absolute atomic E-state index is 5.67. The maximum Gasteiger partial charge on any atom is 0.0707 e. The summed E-state index contributed by atoms with van der Waals surface area (Å²) in [5, 5.41) is 0. The molecule has 0 bridgehead atoms. The molecule has 0 radical (unpaired) electrons. The molecule has 0 spiro atoms. The molecule has 2 unspecified atom stereocenters. The van der Waals surface area contributed by atoms with Crippen molar-refractivity contribution in [1.29, 1.82) is 0 Å². The third kappa shape index (κ3) is 7.34. The summed E-state index contributed by atoms with van der Waals surface area (Å²) >= 11 is 0. The minimum atomic E-state index is -0.0526. The van der Waals surface area contributed by atoms with E-state index in [4.69, 9.17) is 9.47 Å². The summed E-state index contributed by atoms with van der Waals surface area (Å²) < 4.78 is 11.2. The van der Waals surface area contributed by atoms with E-state index in [0.717, 1.165) is 0 Å². The highest BCUT2D eigenvalue weighted by molar-refractivity contribution is 4.60. The summed E-state index contributed by atoms with van der Waals surface area (Å²) in [6.07, 6.45) is 1.50. The van der Waals surface area contributed by atoms with Crippen molar-refractivity contribution in [3.63, 3.8) is 0 Å². The fourth-order valence-electron chi connectivity index (χ4n) is 1.08. The van der Waals surface area contributed by atoms with Gasteiger partial charge in [-0.1, -0.05) is 20.3 Å².